The highest BCUT2D eigenvalue weighted by Crippen LogP contribution is 2.22. The van der Waals surface area contributed by atoms with Crippen molar-refractivity contribution in [1.29, 1.82) is 0 Å². The first kappa shape index (κ1) is 17.5. The van der Waals surface area contributed by atoms with Gasteiger partial charge in [-0.2, -0.15) is 0 Å². The fraction of sp³-hybridized carbons (Fsp3) is 0.263. The Morgan fingerprint density at radius 3 is 2.46 bits per heavy atom. The van der Waals surface area contributed by atoms with Gasteiger partial charge in [0.05, 0.1) is 12.5 Å². The van der Waals surface area contributed by atoms with Crippen LogP contribution < -0.4 is 5.32 Å². The zero-order valence-corrected chi connectivity index (χ0v) is 13.8. The molecule has 0 spiro atoms. The van der Waals surface area contributed by atoms with Crippen molar-refractivity contribution in [3.8, 4) is 0 Å². The van der Waals surface area contributed by atoms with Crippen LogP contribution >= 0.6 is 0 Å². The minimum atomic E-state index is -0.983. The second-order valence-electron chi connectivity index (χ2n) is 5.72. The van der Waals surface area contributed by atoms with E-state index in [1.54, 1.807) is 0 Å². The van der Waals surface area contributed by atoms with Gasteiger partial charge in [0.25, 0.3) is 0 Å². The quantitative estimate of drug-likeness (QED) is 0.847. The van der Waals surface area contributed by atoms with Crippen molar-refractivity contribution in [3.05, 3.63) is 70.8 Å². The summed E-state index contributed by atoms with van der Waals surface area (Å²) in [5.41, 5.74) is 3.66. The van der Waals surface area contributed by atoms with Gasteiger partial charge < -0.3 is 15.2 Å². The predicted octanol–water partition coefficient (Wildman–Crippen LogP) is 3.75. The third-order valence-corrected chi connectivity index (χ3v) is 3.68. The Labute approximate surface area is 141 Å². The fourth-order valence-corrected chi connectivity index (χ4v) is 2.54. The summed E-state index contributed by atoms with van der Waals surface area (Å²) in [5, 5.41) is 11.8. The van der Waals surface area contributed by atoms with Gasteiger partial charge in [0.1, 0.15) is 6.61 Å². The first-order chi connectivity index (χ1) is 11.5. The highest BCUT2D eigenvalue weighted by atomic mass is 16.5. The number of amides is 1. The van der Waals surface area contributed by atoms with Gasteiger partial charge in [-0.25, -0.2) is 4.79 Å². The summed E-state index contributed by atoms with van der Waals surface area (Å²) in [7, 11) is 0. The van der Waals surface area contributed by atoms with Crippen LogP contribution in [0.3, 0.4) is 0 Å². The number of nitrogens with one attached hydrogen (secondary N) is 1. The molecule has 0 unspecified atom stereocenters. The highest BCUT2D eigenvalue weighted by molar-refractivity contribution is 5.72. The van der Waals surface area contributed by atoms with Crippen molar-refractivity contribution in [1.82, 2.24) is 5.32 Å². The van der Waals surface area contributed by atoms with Crippen LogP contribution in [0.4, 0.5) is 4.79 Å². The molecule has 0 saturated heterocycles. The van der Waals surface area contributed by atoms with Crippen molar-refractivity contribution in [2.24, 2.45) is 0 Å². The summed E-state index contributed by atoms with van der Waals surface area (Å²) in [6.45, 7) is 4.00. The van der Waals surface area contributed by atoms with E-state index < -0.39 is 18.1 Å². The summed E-state index contributed by atoms with van der Waals surface area (Å²) < 4.78 is 5.18. The molecule has 0 bridgehead atoms. The van der Waals surface area contributed by atoms with Crippen LogP contribution in [0.25, 0.3) is 0 Å². The highest BCUT2D eigenvalue weighted by Gasteiger charge is 2.20. The van der Waals surface area contributed by atoms with Gasteiger partial charge in [0, 0.05) is 0 Å². The van der Waals surface area contributed by atoms with Gasteiger partial charge in [-0.15, -0.1) is 0 Å². The van der Waals surface area contributed by atoms with E-state index in [9.17, 15) is 9.59 Å². The molecule has 2 N–H and O–H groups in total. The van der Waals surface area contributed by atoms with Crippen LogP contribution in [0.5, 0.6) is 0 Å². The lowest BCUT2D eigenvalue weighted by Crippen LogP contribution is -2.31. The molecule has 0 aliphatic carbocycles. The molecule has 0 aliphatic rings. The lowest BCUT2D eigenvalue weighted by Gasteiger charge is -2.19. The monoisotopic (exact) mass is 327 g/mol. The molecule has 1 amide bonds. The fourth-order valence-electron chi connectivity index (χ4n) is 2.54. The average Bonchev–Trinajstić information content (AvgIpc) is 2.53. The molecule has 126 valence electrons. The van der Waals surface area contributed by atoms with Gasteiger partial charge in [0.15, 0.2) is 0 Å². The first-order valence-electron chi connectivity index (χ1n) is 7.72. The maximum atomic E-state index is 12.0. The van der Waals surface area contributed by atoms with Crippen molar-refractivity contribution in [2.75, 3.05) is 0 Å². The van der Waals surface area contributed by atoms with Crippen LogP contribution in [-0.4, -0.2) is 17.2 Å². The summed E-state index contributed by atoms with van der Waals surface area (Å²) in [5.74, 6) is -0.983. The first-order valence-corrected chi connectivity index (χ1v) is 7.72. The Hall–Kier alpha value is -2.82. The van der Waals surface area contributed by atoms with Crippen molar-refractivity contribution in [2.45, 2.75) is 32.9 Å². The van der Waals surface area contributed by atoms with Gasteiger partial charge in [-0.3, -0.25) is 4.79 Å². The molecule has 24 heavy (non-hydrogen) atoms. The number of carbonyl (C=O) groups is 2. The molecule has 5 nitrogen and oxygen atoms in total. The van der Waals surface area contributed by atoms with Gasteiger partial charge in [0.2, 0.25) is 0 Å². The minimum absolute atomic E-state index is 0.138. The van der Waals surface area contributed by atoms with Crippen molar-refractivity contribution >= 4 is 12.1 Å². The Balaban J connectivity index is 2.05. The molecule has 2 rings (SSSR count). The maximum Gasteiger partial charge on any atom is 0.407 e. The number of aliphatic carboxylic acids is 1. The van der Waals surface area contributed by atoms with E-state index in [1.165, 1.54) is 0 Å². The van der Waals surface area contributed by atoms with Crippen LogP contribution in [0, 0.1) is 13.8 Å². The molecule has 0 aromatic heterocycles. The zero-order chi connectivity index (χ0) is 17.5. The van der Waals surface area contributed by atoms with Crippen LogP contribution in [-0.2, 0) is 16.1 Å². The summed E-state index contributed by atoms with van der Waals surface area (Å²) in [6, 6.07) is 14.4. The second kappa shape index (κ2) is 8.15. The predicted molar refractivity (Wildman–Crippen MR) is 90.7 cm³/mol. The van der Waals surface area contributed by atoms with E-state index in [0.29, 0.717) is 0 Å². The van der Waals surface area contributed by atoms with Crippen molar-refractivity contribution in [3.63, 3.8) is 0 Å². The van der Waals surface area contributed by atoms with Crippen LogP contribution in [0.15, 0.2) is 48.5 Å². The summed E-state index contributed by atoms with van der Waals surface area (Å²) in [6.07, 6.45) is -0.838. The molecule has 0 aliphatic heterocycles. The third kappa shape index (κ3) is 5.12. The molecule has 5 heteroatoms. The Kier molecular flexibility index (Phi) is 5.95. The number of hydrogen-bond donors (Lipinski definition) is 2. The minimum Gasteiger partial charge on any atom is -0.481 e. The van der Waals surface area contributed by atoms with Crippen molar-refractivity contribution < 1.29 is 19.4 Å². The largest absolute Gasteiger partial charge is 0.481 e. The molecular weight excluding hydrogens is 306 g/mol. The number of carboxylic acid groups (broad SMARTS) is 1. The molecule has 0 heterocycles. The number of hydrogen-bond acceptors (Lipinski definition) is 3. The van der Waals surface area contributed by atoms with Gasteiger partial charge in [-0.1, -0.05) is 54.1 Å². The second-order valence-corrected chi connectivity index (χ2v) is 5.72. The number of alkyl carbamates (subject to hydrolysis) is 1. The normalized spacial score (nSPS) is 11.6. The SMILES string of the molecule is Cc1ccc([C@@H](CC(=O)O)NC(=O)OCc2ccccc2)c(C)c1. The molecule has 0 saturated carbocycles. The lowest BCUT2D eigenvalue weighted by atomic mass is 9.97. The van der Waals surface area contributed by atoms with E-state index in [0.717, 1.165) is 22.3 Å². The standard InChI is InChI=1S/C19H21NO4/c1-13-8-9-16(14(2)10-13)17(11-18(21)22)20-19(23)24-12-15-6-4-3-5-7-15/h3-10,17H,11-12H2,1-2H3,(H,20,23)(H,21,22)/t17-/m1/s1. The van der Waals surface area contributed by atoms with E-state index in [2.05, 4.69) is 5.32 Å². The number of carbonyl (C=O) groups excluding carboxylic acids is 1. The third-order valence-electron chi connectivity index (χ3n) is 3.68. The van der Waals surface area contributed by atoms with Gasteiger partial charge >= 0.3 is 12.1 Å². The van der Waals surface area contributed by atoms with E-state index >= 15 is 0 Å². The van der Waals surface area contributed by atoms with Crippen LogP contribution in [0.2, 0.25) is 0 Å². The number of ether oxygens (including phenoxy) is 1. The number of aryl methyl sites for hydroxylation is 2. The topological polar surface area (TPSA) is 75.6 Å². The number of carboxylic acids is 1. The summed E-state index contributed by atoms with van der Waals surface area (Å²) in [4.78, 5) is 23.2. The summed E-state index contributed by atoms with van der Waals surface area (Å²) >= 11 is 0. The number of rotatable bonds is 6. The molecule has 0 radical (unpaired) electrons. The molecule has 1 atom stereocenters. The van der Waals surface area contributed by atoms with Crippen LogP contribution in [0.1, 0.15) is 34.7 Å². The molecule has 0 fully saturated rings. The number of benzene rings is 2. The van der Waals surface area contributed by atoms with Gasteiger partial charge in [-0.05, 0) is 30.5 Å². The smallest absolute Gasteiger partial charge is 0.407 e. The molecule has 2 aromatic rings. The zero-order valence-electron chi connectivity index (χ0n) is 13.8. The lowest BCUT2D eigenvalue weighted by molar-refractivity contribution is -0.137. The van der Waals surface area contributed by atoms with E-state index in [4.69, 9.17) is 9.84 Å². The molecule has 2 aromatic carbocycles. The maximum absolute atomic E-state index is 12.0. The van der Waals surface area contributed by atoms with E-state index in [1.807, 2.05) is 62.4 Å². The average molecular weight is 327 g/mol. The van der Waals surface area contributed by atoms with E-state index in [-0.39, 0.29) is 13.0 Å². The molecular formula is C19H21NO4. The Morgan fingerprint density at radius 2 is 1.83 bits per heavy atom. The Bertz CT molecular complexity index is 713. The Morgan fingerprint density at radius 1 is 1.12 bits per heavy atom.